The highest BCUT2D eigenvalue weighted by molar-refractivity contribution is 5.88. The zero-order valence-corrected chi connectivity index (χ0v) is 10.4. The molecule has 1 spiro atoms. The third-order valence-corrected chi connectivity index (χ3v) is 4.36. The van der Waals surface area contributed by atoms with Crippen LogP contribution in [-0.2, 0) is 6.42 Å². The van der Waals surface area contributed by atoms with Gasteiger partial charge in [0.25, 0.3) is 0 Å². The lowest BCUT2D eigenvalue weighted by molar-refractivity contribution is 0.0670. The average molecular weight is 239 g/mol. The van der Waals surface area contributed by atoms with Gasteiger partial charge in [-0.2, -0.15) is 0 Å². The molecule has 2 aliphatic heterocycles. The summed E-state index contributed by atoms with van der Waals surface area (Å²) in [7, 11) is 0. The second-order valence-corrected chi connectivity index (χ2v) is 5.48. The van der Waals surface area contributed by atoms with E-state index in [0.29, 0.717) is 0 Å². The van der Waals surface area contributed by atoms with Crippen LogP contribution >= 0.6 is 0 Å². The van der Waals surface area contributed by atoms with Crippen LogP contribution < -0.4 is 10.1 Å². The van der Waals surface area contributed by atoms with Crippen LogP contribution in [0.1, 0.15) is 18.4 Å². The van der Waals surface area contributed by atoms with E-state index in [1.54, 1.807) is 0 Å². The molecular formula is C16H17NO. The fraction of sp³-hybridized carbons (Fsp3) is 0.375. The van der Waals surface area contributed by atoms with Gasteiger partial charge in [0, 0.05) is 18.5 Å². The SMILES string of the molecule is c1ccc2c3c(ccc2c1)OC1(CCNC1)CC3. The van der Waals surface area contributed by atoms with Crippen molar-refractivity contribution in [1.29, 1.82) is 0 Å². The fourth-order valence-electron chi connectivity index (χ4n) is 3.33. The molecule has 0 radical (unpaired) electrons. The summed E-state index contributed by atoms with van der Waals surface area (Å²) >= 11 is 0. The molecule has 2 heteroatoms. The molecule has 2 aromatic rings. The Hall–Kier alpha value is -1.54. The van der Waals surface area contributed by atoms with Crippen molar-refractivity contribution >= 4 is 10.8 Å². The van der Waals surface area contributed by atoms with Crippen molar-refractivity contribution in [3.05, 3.63) is 42.0 Å². The Morgan fingerprint density at radius 1 is 1.06 bits per heavy atom. The van der Waals surface area contributed by atoms with Gasteiger partial charge in [-0.3, -0.25) is 0 Å². The van der Waals surface area contributed by atoms with E-state index in [2.05, 4.69) is 41.7 Å². The molecule has 2 nitrogen and oxygen atoms in total. The Bertz CT molecular complexity index is 599. The molecule has 1 N–H and O–H groups in total. The molecule has 92 valence electrons. The first kappa shape index (κ1) is 10.4. The number of nitrogens with one attached hydrogen (secondary N) is 1. The molecule has 2 aromatic carbocycles. The third-order valence-electron chi connectivity index (χ3n) is 4.36. The maximum Gasteiger partial charge on any atom is 0.124 e. The molecule has 4 rings (SSSR count). The molecular weight excluding hydrogens is 222 g/mol. The molecule has 2 aliphatic rings. The molecule has 0 bridgehead atoms. The number of benzene rings is 2. The number of hydrogen-bond donors (Lipinski definition) is 1. The number of ether oxygens (including phenoxy) is 1. The van der Waals surface area contributed by atoms with Crippen molar-refractivity contribution in [2.75, 3.05) is 13.1 Å². The van der Waals surface area contributed by atoms with Gasteiger partial charge in [0.05, 0.1) is 0 Å². The molecule has 2 heterocycles. The average Bonchev–Trinajstić information content (AvgIpc) is 2.86. The zero-order valence-electron chi connectivity index (χ0n) is 10.4. The van der Waals surface area contributed by atoms with Gasteiger partial charge in [0.1, 0.15) is 11.4 Å². The Morgan fingerprint density at radius 3 is 2.89 bits per heavy atom. The second-order valence-electron chi connectivity index (χ2n) is 5.48. The maximum atomic E-state index is 6.33. The highest BCUT2D eigenvalue weighted by Crippen LogP contribution is 2.39. The van der Waals surface area contributed by atoms with E-state index in [1.165, 1.54) is 16.3 Å². The van der Waals surface area contributed by atoms with Crippen molar-refractivity contribution in [3.8, 4) is 5.75 Å². The first-order valence-corrected chi connectivity index (χ1v) is 6.77. The van der Waals surface area contributed by atoms with Crippen molar-refractivity contribution in [2.45, 2.75) is 24.9 Å². The molecule has 1 fully saturated rings. The fourth-order valence-corrected chi connectivity index (χ4v) is 3.33. The minimum absolute atomic E-state index is 0.0649. The van der Waals surface area contributed by atoms with Gasteiger partial charge in [-0.15, -0.1) is 0 Å². The Labute approximate surface area is 107 Å². The van der Waals surface area contributed by atoms with Gasteiger partial charge in [0.15, 0.2) is 0 Å². The van der Waals surface area contributed by atoms with Crippen LogP contribution in [0.5, 0.6) is 5.75 Å². The molecule has 1 saturated heterocycles. The standard InChI is InChI=1S/C16H17NO/c1-2-4-13-12(3-1)5-6-15-14(13)7-8-16(18-15)9-10-17-11-16/h1-6,17H,7-11H2. The summed E-state index contributed by atoms with van der Waals surface area (Å²) in [6.45, 7) is 2.09. The topological polar surface area (TPSA) is 21.3 Å². The van der Waals surface area contributed by atoms with E-state index in [9.17, 15) is 0 Å². The van der Waals surface area contributed by atoms with Crippen LogP contribution in [0, 0.1) is 0 Å². The minimum Gasteiger partial charge on any atom is -0.486 e. The molecule has 1 atom stereocenters. The predicted octanol–water partition coefficient (Wildman–Crippen LogP) is 2.90. The lowest BCUT2D eigenvalue weighted by atomic mass is 9.88. The van der Waals surface area contributed by atoms with E-state index in [0.717, 1.165) is 38.1 Å². The van der Waals surface area contributed by atoms with E-state index >= 15 is 0 Å². The Kier molecular flexibility index (Phi) is 2.15. The molecule has 1 unspecified atom stereocenters. The van der Waals surface area contributed by atoms with Crippen LogP contribution in [0.4, 0.5) is 0 Å². The van der Waals surface area contributed by atoms with Crippen molar-refractivity contribution in [2.24, 2.45) is 0 Å². The molecule has 18 heavy (non-hydrogen) atoms. The Morgan fingerprint density at radius 2 is 2.00 bits per heavy atom. The highest BCUT2D eigenvalue weighted by atomic mass is 16.5. The van der Waals surface area contributed by atoms with Crippen LogP contribution in [0.25, 0.3) is 10.8 Å². The second kappa shape index (κ2) is 3.72. The smallest absolute Gasteiger partial charge is 0.124 e. The van der Waals surface area contributed by atoms with Gasteiger partial charge < -0.3 is 10.1 Å². The van der Waals surface area contributed by atoms with Crippen LogP contribution in [0.2, 0.25) is 0 Å². The molecule has 0 amide bonds. The van der Waals surface area contributed by atoms with Crippen molar-refractivity contribution < 1.29 is 4.74 Å². The van der Waals surface area contributed by atoms with E-state index in [4.69, 9.17) is 4.74 Å². The zero-order chi connectivity index (χ0) is 12.0. The summed E-state index contributed by atoms with van der Waals surface area (Å²) in [5, 5.41) is 6.10. The monoisotopic (exact) mass is 239 g/mol. The summed E-state index contributed by atoms with van der Waals surface area (Å²) in [6.07, 6.45) is 3.42. The molecule has 0 aromatic heterocycles. The van der Waals surface area contributed by atoms with Gasteiger partial charge in [-0.1, -0.05) is 30.3 Å². The summed E-state index contributed by atoms with van der Waals surface area (Å²) in [5.74, 6) is 1.10. The van der Waals surface area contributed by atoms with E-state index < -0.39 is 0 Å². The predicted molar refractivity (Wildman–Crippen MR) is 73.1 cm³/mol. The lowest BCUT2D eigenvalue weighted by Gasteiger charge is -2.35. The molecule has 0 aliphatic carbocycles. The number of hydrogen-bond acceptors (Lipinski definition) is 2. The summed E-state index contributed by atoms with van der Waals surface area (Å²) in [5.41, 5.74) is 1.46. The van der Waals surface area contributed by atoms with Gasteiger partial charge in [-0.05, 0) is 36.2 Å². The van der Waals surface area contributed by atoms with Crippen LogP contribution in [0.15, 0.2) is 36.4 Å². The number of aryl methyl sites for hydroxylation is 1. The normalized spacial score (nSPS) is 26.2. The van der Waals surface area contributed by atoms with Gasteiger partial charge in [-0.25, -0.2) is 0 Å². The largest absolute Gasteiger partial charge is 0.486 e. The number of fused-ring (bicyclic) bond motifs is 3. The van der Waals surface area contributed by atoms with Crippen molar-refractivity contribution in [1.82, 2.24) is 5.32 Å². The highest BCUT2D eigenvalue weighted by Gasteiger charge is 2.39. The lowest BCUT2D eigenvalue weighted by Crippen LogP contribution is -2.41. The van der Waals surface area contributed by atoms with Gasteiger partial charge in [0.2, 0.25) is 0 Å². The van der Waals surface area contributed by atoms with Crippen LogP contribution in [-0.4, -0.2) is 18.7 Å². The van der Waals surface area contributed by atoms with E-state index in [-0.39, 0.29) is 5.60 Å². The first-order chi connectivity index (χ1) is 8.86. The first-order valence-electron chi connectivity index (χ1n) is 6.77. The summed E-state index contributed by atoms with van der Waals surface area (Å²) in [4.78, 5) is 0. The van der Waals surface area contributed by atoms with Crippen LogP contribution in [0.3, 0.4) is 0 Å². The van der Waals surface area contributed by atoms with Crippen molar-refractivity contribution in [3.63, 3.8) is 0 Å². The van der Waals surface area contributed by atoms with Gasteiger partial charge >= 0.3 is 0 Å². The summed E-state index contributed by atoms with van der Waals surface area (Å²) in [6, 6.07) is 12.9. The third kappa shape index (κ3) is 1.45. The minimum atomic E-state index is 0.0649. The number of rotatable bonds is 0. The summed E-state index contributed by atoms with van der Waals surface area (Å²) < 4.78 is 6.33. The molecule has 0 saturated carbocycles. The Balaban J connectivity index is 1.83. The van der Waals surface area contributed by atoms with E-state index in [1.807, 2.05) is 0 Å². The quantitative estimate of drug-likeness (QED) is 0.763. The maximum absolute atomic E-state index is 6.33.